The van der Waals surface area contributed by atoms with Crippen LogP contribution in [0.5, 0.6) is 0 Å². The average Bonchev–Trinajstić information content (AvgIpc) is 2.99. The van der Waals surface area contributed by atoms with Gasteiger partial charge in [-0.3, -0.25) is 4.79 Å². The number of furan rings is 1. The third-order valence-electron chi connectivity index (χ3n) is 4.01. The minimum absolute atomic E-state index is 0.0746. The second-order valence-corrected chi connectivity index (χ2v) is 6.89. The van der Waals surface area contributed by atoms with Crippen LogP contribution in [0.1, 0.15) is 21.7 Å². The normalized spacial score (nSPS) is 11.3. The number of carbonyl (C=O) groups excluding carboxylic acids is 1. The largest absolute Gasteiger partial charge is 0.451 e. The van der Waals surface area contributed by atoms with Crippen LogP contribution in [-0.4, -0.2) is 21.5 Å². The summed E-state index contributed by atoms with van der Waals surface area (Å²) in [5, 5.41) is 1.67. The van der Waals surface area contributed by atoms with Crippen molar-refractivity contribution in [3.8, 4) is 0 Å². The van der Waals surface area contributed by atoms with Gasteiger partial charge in [-0.1, -0.05) is 53.7 Å². The van der Waals surface area contributed by atoms with Gasteiger partial charge in [0, 0.05) is 10.9 Å². The second kappa shape index (κ2) is 6.33. The second-order valence-electron chi connectivity index (χ2n) is 5.93. The van der Waals surface area contributed by atoms with Crippen molar-refractivity contribution in [3.05, 3.63) is 65.5 Å². The molecule has 0 spiro atoms. The van der Waals surface area contributed by atoms with E-state index in [1.54, 1.807) is 0 Å². The molecule has 0 unspecified atom stereocenters. The molecular weight excluding hydrogens is 332 g/mol. The van der Waals surface area contributed by atoms with Crippen LogP contribution in [0.4, 0.5) is 0 Å². The van der Waals surface area contributed by atoms with Crippen LogP contribution in [0.15, 0.2) is 58.0 Å². The van der Waals surface area contributed by atoms with E-state index in [1.165, 1.54) is 11.8 Å². The van der Waals surface area contributed by atoms with Gasteiger partial charge in [-0.25, -0.2) is 9.97 Å². The molecule has 2 aromatic heterocycles. The van der Waals surface area contributed by atoms with Crippen molar-refractivity contribution < 1.29 is 9.21 Å². The van der Waals surface area contributed by atoms with E-state index >= 15 is 0 Å². The number of aryl methyl sites for hydroxylation is 2. The van der Waals surface area contributed by atoms with Crippen molar-refractivity contribution in [1.82, 2.24) is 9.97 Å². The Morgan fingerprint density at radius 2 is 1.80 bits per heavy atom. The molecule has 0 N–H and O–H groups in total. The number of carbonyl (C=O) groups is 1. The highest BCUT2D eigenvalue weighted by molar-refractivity contribution is 8.00. The Morgan fingerprint density at radius 1 is 1.04 bits per heavy atom. The molecule has 2 heterocycles. The summed E-state index contributed by atoms with van der Waals surface area (Å²) in [7, 11) is 0. The van der Waals surface area contributed by atoms with Gasteiger partial charge in [0.15, 0.2) is 11.4 Å². The number of benzene rings is 2. The van der Waals surface area contributed by atoms with E-state index in [2.05, 4.69) is 9.97 Å². The van der Waals surface area contributed by atoms with Crippen molar-refractivity contribution in [1.29, 1.82) is 0 Å². The summed E-state index contributed by atoms with van der Waals surface area (Å²) in [6.45, 7) is 3.86. The summed E-state index contributed by atoms with van der Waals surface area (Å²) < 4.78 is 5.94. The molecule has 0 aliphatic heterocycles. The number of hydrogen-bond donors (Lipinski definition) is 0. The molecular formula is C20H16N2O2S. The molecule has 0 saturated carbocycles. The third kappa shape index (κ3) is 3.03. The Bertz CT molecular complexity index is 1080. The van der Waals surface area contributed by atoms with Gasteiger partial charge in [-0.2, -0.15) is 0 Å². The number of rotatable bonds is 4. The highest BCUT2D eigenvalue weighted by atomic mass is 32.2. The molecule has 124 valence electrons. The molecule has 4 rings (SSSR count). The van der Waals surface area contributed by atoms with Crippen molar-refractivity contribution in [2.45, 2.75) is 18.9 Å². The molecule has 0 saturated heterocycles. The lowest BCUT2D eigenvalue weighted by Gasteiger charge is -2.03. The maximum atomic E-state index is 12.4. The minimum atomic E-state index is 0.0746. The standard InChI is InChI=1S/C20H16N2O2S/c1-12-7-9-14(10-8-12)16(23)11-25-20-19-18(21-13(2)22-20)15-5-3-4-6-17(15)24-19/h3-10H,11H2,1-2H3. The molecule has 0 aliphatic rings. The van der Waals surface area contributed by atoms with Crippen LogP contribution in [0.25, 0.3) is 22.1 Å². The fourth-order valence-electron chi connectivity index (χ4n) is 2.73. The van der Waals surface area contributed by atoms with E-state index in [0.29, 0.717) is 27.7 Å². The summed E-state index contributed by atoms with van der Waals surface area (Å²) in [4.78, 5) is 21.4. The Hall–Kier alpha value is -2.66. The van der Waals surface area contributed by atoms with Crippen molar-refractivity contribution in [2.75, 3.05) is 5.75 Å². The molecule has 4 nitrogen and oxygen atoms in total. The Labute approximate surface area is 149 Å². The molecule has 4 aromatic rings. The maximum absolute atomic E-state index is 12.4. The number of aromatic nitrogens is 2. The van der Waals surface area contributed by atoms with Crippen LogP contribution >= 0.6 is 11.8 Å². The van der Waals surface area contributed by atoms with E-state index in [4.69, 9.17) is 4.42 Å². The summed E-state index contributed by atoms with van der Waals surface area (Å²) in [5.41, 5.74) is 4.08. The molecule has 25 heavy (non-hydrogen) atoms. The number of nitrogens with zero attached hydrogens (tertiary/aromatic N) is 2. The van der Waals surface area contributed by atoms with Crippen LogP contribution in [0, 0.1) is 13.8 Å². The van der Waals surface area contributed by atoms with Gasteiger partial charge in [0.25, 0.3) is 0 Å². The lowest BCUT2D eigenvalue weighted by Crippen LogP contribution is -2.03. The van der Waals surface area contributed by atoms with Gasteiger partial charge in [0.05, 0.1) is 5.75 Å². The summed E-state index contributed by atoms with van der Waals surface area (Å²) >= 11 is 1.39. The fourth-order valence-corrected chi connectivity index (χ4v) is 3.63. The van der Waals surface area contributed by atoms with Crippen molar-refractivity contribution >= 4 is 39.6 Å². The van der Waals surface area contributed by atoms with E-state index in [0.717, 1.165) is 22.0 Å². The van der Waals surface area contributed by atoms with Crippen LogP contribution in [0.3, 0.4) is 0 Å². The topological polar surface area (TPSA) is 56.0 Å². The first kappa shape index (κ1) is 15.8. The van der Waals surface area contributed by atoms with Crippen molar-refractivity contribution in [2.24, 2.45) is 0 Å². The Kier molecular flexibility index (Phi) is 4.01. The SMILES string of the molecule is Cc1ccc(C(=O)CSc2nc(C)nc3c2oc2ccccc23)cc1. The first-order valence-corrected chi connectivity index (χ1v) is 8.99. The third-order valence-corrected chi connectivity index (χ3v) is 4.97. The molecule has 0 fully saturated rings. The van der Waals surface area contributed by atoms with Gasteiger partial charge in [-0.05, 0) is 26.0 Å². The van der Waals surface area contributed by atoms with E-state index in [9.17, 15) is 4.79 Å². The smallest absolute Gasteiger partial charge is 0.186 e. The van der Waals surface area contributed by atoms with Gasteiger partial charge >= 0.3 is 0 Å². The molecule has 0 aliphatic carbocycles. The van der Waals surface area contributed by atoms with Crippen LogP contribution in [-0.2, 0) is 0 Å². The first-order valence-electron chi connectivity index (χ1n) is 8.00. The highest BCUT2D eigenvalue weighted by Crippen LogP contribution is 2.33. The zero-order valence-electron chi connectivity index (χ0n) is 13.9. The number of thioether (sulfide) groups is 1. The number of fused-ring (bicyclic) bond motifs is 3. The lowest BCUT2D eigenvalue weighted by molar-refractivity contribution is 0.102. The zero-order valence-corrected chi connectivity index (χ0v) is 14.8. The van der Waals surface area contributed by atoms with Gasteiger partial charge < -0.3 is 4.42 Å². The molecule has 0 radical (unpaired) electrons. The summed E-state index contributed by atoms with van der Waals surface area (Å²) in [5.74, 6) is 1.06. The monoisotopic (exact) mass is 348 g/mol. The molecule has 0 atom stereocenters. The average molecular weight is 348 g/mol. The molecule has 0 bridgehead atoms. The van der Waals surface area contributed by atoms with Gasteiger partial charge in [0.1, 0.15) is 22.0 Å². The van der Waals surface area contributed by atoms with Crippen LogP contribution < -0.4 is 0 Å². The van der Waals surface area contributed by atoms with Crippen molar-refractivity contribution in [3.63, 3.8) is 0 Å². The number of ketones is 1. The van der Waals surface area contributed by atoms with Gasteiger partial charge in [0.2, 0.25) is 0 Å². The molecule has 0 amide bonds. The Morgan fingerprint density at radius 3 is 2.60 bits per heavy atom. The molecule has 5 heteroatoms. The predicted octanol–water partition coefficient (Wildman–Crippen LogP) is 4.97. The highest BCUT2D eigenvalue weighted by Gasteiger charge is 2.16. The van der Waals surface area contributed by atoms with E-state index in [1.807, 2.05) is 62.4 Å². The molecule has 2 aromatic carbocycles. The first-order chi connectivity index (χ1) is 12.1. The summed E-state index contributed by atoms with van der Waals surface area (Å²) in [6.07, 6.45) is 0. The quantitative estimate of drug-likeness (QED) is 0.296. The minimum Gasteiger partial charge on any atom is -0.451 e. The fraction of sp³-hybridized carbons (Fsp3) is 0.150. The van der Waals surface area contributed by atoms with Gasteiger partial charge in [-0.15, -0.1) is 0 Å². The predicted molar refractivity (Wildman–Crippen MR) is 100 cm³/mol. The maximum Gasteiger partial charge on any atom is 0.186 e. The Balaban J connectivity index is 1.67. The number of para-hydroxylation sites is 1. The summed E-state index contributed by atoms with van der Waals surface area (Å²) in [6, 6.07) is 15.4. The van der Waals surface area contributed by atoms with Crippen LogP contribution in [0.2, 0.25) is 0 Å². The zero-order chi connectivity index (χ0) is 17.4. The van der Waals surface area contributed by atoms with E-state index < -0.39 is 0 Å². The van der Waals surface area contributed by atoms with E-state index in [-0.39, 0.29) is 5.78 Å². The lowest BCUT2D eigenvalue weighted by atomic mass is 10.1. The number of hydrogen-bond acceptors (Lipinski definition) is 5. The number of Topliss-reactive ketones (excluding diaryl/α,β-unsaturated/α-hetero) is 1.